The fourth-order valence-electron chi connectivity index (χ4n) is 1.02. The summed E-state index contributed by atoms with van der Waals surface area (Å²) in [4.78, 5) is 3.90. The molecule has 6 heteroatoms. The Morgan fingerprint density at radius 1 is 1.33 bits per heavy atom. The van der Waals surface area contributed by atoms with Gasteiger partial charge in [-0.1, -0.05) is 0 Å². The van der Waals surface area contributed by atoms with Crippen molar-refractivity contribution in [3.8, 4) is 0 Å². The van der Waals surface area contributed by atoms with Gasteiger partial charge < -0.3 is 5.32 Å². The van der Waals surface area contributed by atoms with E-state index < -0.39 is 12.6 Å². The topological polar surface area (TPSA) is 24.9 Å². The summed E-state index contributed by atoms with van der Waals surface area (Å²) in [5, 5.41) is 2.70. The van der Waals surface area contributed by atoms with E-state index >= 15 is 0 Å². The molecule has 0 saturated heterocycles. The van der Waals surface area contributed by atoms with E-state index in [2.05, 4.69) is 26.2 Å². The first-order valence-corrected chi connectivity index (χ1v) is 5.13. The summed E-state index contributed by atoms with van der Waals surface area (Å²) in [6.07, 6.45) is -1.67. The number of rotatable bonds is 4. The molecule has 0 atom stereocenters. The summed E-state index contributed by atoms with van der Waals surface area (Å²) in [7, 11) is 0. The van der Waals surface area contributed by atoms with Crippen LogP contribution in [0.1, 0.15) is 12.0 Å². The van der Waals surface area contributed by atoms with Gasteiger partial charge in [0, 0.05) is 30.0 Å². The second-order valence-corrected chi connectivity index (χ2v) is 3.97. The first kappa shape index (κ1) is 12.4. The van der Waals surface area contributed by atoms with Gasteiger partial charge in [0.25, 0.3) is 0 Å². The quantitative estimate of drug-likeness (QED) is 0.859. The van der Waals surface area contributed by atoms with Gasteiger partial charge in [-0.25, -0.2) is 0 Å². The van der Waals surface area contributed by atoms with E-state index in [9.17, 15) is 13.2 Å². The fraction of sp³-hybridized carbons (Fsp3) is 0.444. The zero-order valence-corrected chi connectivity index (χ0v) is 9.40. The molecule has 0 aliphatic heterocycles. The molecule has 0 radical (unpaired) electrons. The molecule has 0 aromatic carbocycles. The van der Waals surface area contributed by atoms with Gasteiger partial charge in [-0.15, -0.1) is 0 Å². The van der Waals surface area contributed by atoms with E-state index in [-0.39, 0.29) is 6.54 Å². The Morgan fingerprint density at radius 2 is 2.07 bits per heavy atom. The van der Waals surface area contributed by atoms with Crippen molar-refractivity contribution in [1.29, 1.82) is 0 Å². The van der Waals surface area contributed by atoms with Crippen LogP contribution in [0, 0.1) is 0 Å². The Bertz CT molecular complexity index is 314. The molecular formula is C9H10BrF3N2. The summed E-state index contributed by atoms with van der Waals surface area (Å²) >= 11 is 3.23. The van der Waals surface area contributed by atoms with Crippen molar-refractivity contribution >= 4 is 15.9 Å². The van der Waals surface area contributed by atoms with Gasteiger partial charge in [-0.05, 0) is 27.6 Å². The average Bonchev–Trinajstić information content (AvgIpc) is 2.11. The van der Waals surface area contributed by atoms with Crippen LogP contribution in [0.25, 0.3) is 0 Å². The highest BCUT2D eigenvalue weighted by Crippen LogP contribution is 2.18. The number of hydrogen-bond acceptors (Lipinski definition) is 2. The van der Waals surface area contributed by atoms with Crippen molar-refractivity contribution in [3.05, 3.63) is 28.5 Å². The number of nitrogens with one attached hydrogen (secondary N) is 1. The minimum Gasteiger partial charge on any atom is -0.312 e. The second-order valence-electron chi connectivity index (χ2n) is 3.05. The standard InChI is InChI=1S/C9H10BrF3N2/c10-8-3-7(5-15-6-8)4-14-2-1-9(11,12)13/h3,5-6,14H,1-2,4H2. The third-order valence-corrected chi connectivity index (χ3v) is 2.11. The molecule has 1 aromatic heterocycles. The molecule has 2 nitrogen and oxygen atoms in total. The maximum Gasteiger partial charge on any atom is 0.390 e. The number of nitrogens with zero attached hydrogens (tertiary/aromatic N) is 1. The van der Waals surface area contributed by atoms with Gasteiger partial charge >= 0.3 is 6.18 Å². The van der Waals surface area contributed by atoms with Gasteiger partial charge in [0.2, 0.25) is 0 Å². The molecular weight excluding hydrogens is 273 g/mol. The third-order valence-electron chi connectivity index (χ3n) is 1.68. The highest BCUT2D eigenvalue weighted by molar-refractivity contribution is 9.10. The maximum absolute atomic E-state index is 11.8. The lowest BCUT2D eigenvalue weighted by Gasteiger charge is -2.07. The number of hydrogen-bond donors (Lipinski definition) is 1. The van der Waals surface area contributed by atoms with Crippen LogP contribution in [-0.2, 0) is 6.54 Å². The van der Waals surface area contributed by atoms with E-state index in [4.69, 9.17) is 0 Å². The van der Waals surface area contributed by atoms with Crippen LogP contribution in [-0.4, -0.2) is 17.7 Å². The van der Waals surface area contributed by atoms with E-state index in [1.165, 1.54) is 0 Å². The minimum atomic E-state index is -4.09. The Morgan fingerprint density at radius 3 is 2.67 bits per heavy atom. The van der Waals surface area contributed by atoms with Crippen LogP contribution in [0.15, 0.2) is 22.9 Å². The molecule has 1 heterocycles. The van der Waals surface area contributed by atoms with Gasteiger partial charge in [-0.3, -0.25) is 4.98 Å². The average molecular weight is 283 g/mol. The van der Waals surface area contributed by atoms with Crippen LogP contribution < -0.4 is 5.32 Å². The van der Waals surface area contributed by atoms with Crippen LogP contribution in [0.4, 0.5) is 13.2 Å². The summed E-state index contributed by atoms with van der Waals surface area (Å²) < 4.78 is 36.2. The lowest BCUT2D eigenvalue weighted by Crippen LogP contribution is -2.21. The molecule has 0 fully saturated rings. The van der Waals surface area contributed by atoms with E-state index in [1.54, 1.807) is 12.4 Å². The summed E-state index contributed by atoms with van der Waals surface area (Å²) in [6.45, 7) is 0.318. The molecule has 15 heavy (non-hydrogen) atoms. The lowest BCUT2D eigenvalue weighted by atomic mass is 10.3. The first-order chi connectivity index (χ1) is 6.97. The van der Waals surface area contributed by atoms with Gasteiger partial charge in [0.05, 0.1) is 6.42 Å². The Hall–Kier alpha value is -0.620. The molecule has 1 N–H and O–H groups in total. The van der Waals surface area contributed by atoms with Crippen LogP contribution >= 0.6 is 15.9 Å². The zero-order chi connectivity index (χ0) is 11.3. The number of halogens is 4. The monoisotopic (exact) mass is 282 g/mol. The van der Waals surface area contributed by atoms with Crippen molar-refractivity contribution in [2.45, 2.75) is 19.1 Å². The Kier molecular flexibility index (Phi) is 4.53. The molecule has 1 aromatic rings. The number of pyridine rings is 1. The predicted octanol–water partition coefficient (Wildman–Crippen LogP) is 2.89. The highest BCUT2D eigenvalue weighted by Gasteiger charge is 2.25. The Labute approximate surface area is 94.0 Å². The smallest absolute Gasteiger partial charge is 0.312 e. The second kappa shape index (κ2) is 5.46. The molecule has 0 aliphatic rings. The molecule has 84 valence electrons. The highest BCUT2D eigenvalue weighted by atomic mass is 79.9. The molecule has 1 rings (SSSR count). The van der Waals surface area contributed by atoms with Crippen molar-refractivity contribution in [2.24, 2.45) is 0 Å². The van der Waals surface area contributed by atoms with E-state index in [0.717, 1.165) is 10.0 Å². The van der Waals surface area contributed by atoms with Crippen LogP contribution in [0.2, 0.25) is 0 Å². The molecule has 0 unspecified atom stereocenters. The zero-order valence-electron chi connectivity index (χ0n) is 7.81. The predicted molar refractivity (Wildman–Crippen MR) is 54.3 cm³/mol. The van der Waals surface area contributed by atoms with Crippen molar-refractivity contribution < 1.29 is 13.2 Å². The van der Waals surface area contributed by atoms with Gasteiger partial charge in [0.1, 0.15) is 0 Å². The van der Waals surface area contributed by atoms with Crippen LogP contribution in [0.5, 0.6) is 0 Å². The largest absolute Gasteiger partial charge is 0.390 e. The Balaban J connectivity index is 2.26. The van der Waals surface area contributed by atoms with Crippen LogP contribution in [0.3, 0.4) is 0 Å². The lowest BCUT2D eigenvalue weighted by molar-refractivity contribution is -0.133. The van der Waals surface area contributed by atoms with Crippen molar-refractivity contribution in [2.75, 3.05) is 6.54 Å². The van der Waals surface area contributed by atoms with E-state index in [0.29, 0.717) is 6.54 Å². The minimum absolute atomic E-state index is 0.0734. The summed E-state index contributed by atoms with van der Waals surface area (Å²) in [6, 6.07) is 1.81. The normalized spacial score (nSPS) is 11.7. The SMILES string of the molecule is FC(F)(F)CCNCc1cncc(Br)c1. The molecule has 0 bridgehead atoms. The summed E-state index contributed by atoms with van der Waals surface area (Å²) in [5.41, 5.74) is 0.853. The molecule has 0 amide bonds. The number of aromatic nitrogens is 1. The van der Waals surface area contributed by atoms with Crippen molar-refractivity contribution in [3.63, 3.8) is 0 Å². The molecule has 0 aliphatic carbocycles. The van der Waals surface area contributed by atoms with Gasteiger partial charge in [0.15, 0.2) is 0 Å². The van der Waals surface area contributed by atoms with E-state index in [1.807, 2.05) is 6.07 Å². The van der Waals surface area contributed by atoms with Gasteiger partial charge in [-0.2, -0.15) is 13.2 Å². The first-order valence-electron chi connectivity index (χ1n) is 4.34. The fourth-order valence-corrected chi connectivity index (χ4v) is 1.43. The van der Waals surface area contributed by atoms with Crippen molar-refractivity contribution in [1.82, 2.24) is 10.3 Å². The summed E-state index contributed by atoms with van der Waals surface area (Å²) in [5.74, 6) is 0. The number of alkyl halides is 3. The molecule has 0 spiro atoms. The third kappa shape index (κ3) is 5.74. The molecule has 0 saturated carbocycles. The maximum atomic E-state index is 11.8.